The standard InChI is InChI=1S/C26H26N4O7/c1-35-21-10-8-20(9-11-21)28-25(31)12-13-26(32)29-27-16-19-14-23(36-2)24(15-22(19)30(33)34)37-17-18-6-4-3-5-7-18/h3-11,14-16H,12-13,17H2,1-2H3,(H,28,31)(H,29,32). The highest BCUT2D eigenvalue weighted by molar-refractivity contribution is 5.93. The number of nitro benzene ring substituents is 1. The third-order valence-electron chi connectivity index (χ3n) is 5.09. The van der Waals surface area contributed by atoms with Gasteiger partial charge >= 0.3 is 0 Å². The maximum Gasteiger partial charge on any atom is 0.282 e. The normalized spacial score (nSPS) is 10.5. The third kappa shape index (κ3) is 8.06. The Morgan fingerprint density at radius 3 is 2.30 bits per heavy atom. The number of rotatable bonds is 12. The van der Waals surface area contributed by atoms with Gasteiger partial charge in [-0.05, 0) is 35.9 Å². The highest BCUT2D eigenvalue weighted by Crippen LogP contribution is 2.34. The van der Waals surface area contributed by atoms with Crippen LogP contribution < -0.4 is 25.0 Å². The molecule has 11 heteroatoms. The van der Waals surface area contributed by atoms with Crippen LogP contribution in [0.3, 0.4) is 0 Å². The second-order valence-electron chi connectivity index (χ2n) is 7.66. The Balaban J connectivity index is 1.57. The lowest BCUT2D eigenvalue weighted by molar-refractivity contribution is -0.385. The molecule has 3 rings (SSSR count). The fourth-order valence-electron chi connectivity index (χ4n) is 3.19. The number of hydrogen-bond acceptors (Lipinski definition) is 8. The first-order chi connectivity index (χ1) is 17.9. The van der Waals surface area contributed by atoms with Crippen LogP contribution in [0.4, 0.5) is 11.4 Å². The molecule has 0 heterocycles. The molecule has 192 valence electrons. The summed E-state index contributed by atoms with van der Waals surface area (Å²) in [6.07, 6.45) is 0.933. The van der Waals surface area contributed by atoms with Crippen molar-refractivity contribution in [3.63, 3.8) is 0 Å². The summed E-state index contributed by atoms with van der Waals surface area (Å²) < 4.78 is 16.1. The first kappa shape index (κ1) is 26.7. The Kier molecular flexibility index (Phi) is 9.54. The minimum atomic E-state index is -0.582. The van der Waals surface area contributed by atoms with Crippen molar-refractivity contribution >= 4 is 29.4 Å². The fraction of sp³-hybridized carbons (Fsp3) is 0.192. The van der Waals surface area contributed by atoms with Crippen molar-refractivity contribution < 1.29 is 28.7 Å². The number of ether oxygens (including phenoxy) is 3. The molecule has 0 fully saturated rings. The van der Waals surface area contributed by atoms with Crippen LogP contribution in [-0.2, 0) is 16.2 Å². The van der Waals surface area contributed by atoms with Gasteiger partial charge in [-0.15, -0.1) is 0 Å². The summed E-state index contributed by atoms with van der Waals surface area (Å²) in [5, 5.41) is 18.1. The Bertz CT molecular complexity index is 1260. The van der Waals surface area contributed by atoms with Gasteiger partial charge < -0.3 is 19.5 Å². The number of nitro groups is 1. The highest BCUT2D eigenvalue weighted by atomic mass is 16.6. The SMILES string of the molecule is COc1ccc(NC(=O)CCC(=O)NN=Cc2cc(OC)c(OCc3ccccc3)cc2[N+](=O)[O-])cc1. The number of nitrogens with one attached hydrogen (secondary N) is 2. The minimum Gasteiger partial charge on any atom is -0.497 e. The fourth-order valence-corrected chi connectivity index (χ4v) is 3.19. The molecule has 0 radical (unpaired) electrons. The first-order valence-electron chi connectivity index (χ1n) is 11.2. The molecule has 0 atom stereocenters. The molecule has 0 bridgehead atoms. The molecule has 3 aromatic rings. The molecule has 0 aromatic heterocycles. The number of methoxy groups -OCH3 is 2. The number of amides is 2. The molecular weight excluding hydrogens is 480 g/mol. The van der Waals surface area contributed by atoms with Crippen LogP contribution in [0.5, 0.6) is 17.2 Å². The lowest BCUT2D eigenvalue weighted by Crippen LogP contribution is -2.20. The van der Waals surface area contributed by atoms with Crippen molar-refractivity contribution in [1.82, 2.24) is 5.43 Å². The largest absolute Gasteiger partial charge is 0.497 e. The average Bonchev–Trinajstić information content (AvgIpc) is 2.91. The van der Waals surface area contributed by atoms with Gasteiger partial charge in [0, 0.05) is 18.5 Å². The van der Waals surface area contributed by atoms with E-state index in [0.717, 1.165) is 11.8 Å². The van der Waals surface area contributed by atoms with E-state index in [4.69, 9.17) is 14.2 Å². The van der Waals surface area contributed by atoms with Crippen molar-refractivity contribution in [3.05, 3.63) is 88.0 Å². The van der Waals surface area contributed by atoms with Gasteiger partial charge in [-0.25, -0.2) is 5.43 Å². The zero-order valence-corrected chi connectivity index (χ0v) is 20.3. The van der Waals surface area contributed by atoms with Crippen molar-refractivity contribution in [2.45, 2.75) is 19.4 Å². The lowest BCUT2D eigenvalue weighted by atomic mass is 10.1. The predicted octanol–water partition coefficient (Wildman–Crippen LogP) is 4.06. The third-order valence-corrected chi connectivity index (χ3v) is 5.09. The number of nitrogens with zero attached hydrogens (tertiary/aromatic N) is 2. The molecule has 0 saturated carbocycles. The maximum atomic E-state index is 12.1. The average molecular weight is 507 g/mol. The summed E-state index contributed by atoms with van der Waals surface area (Å²) in [5.74, 6) is 0.239. The zero-order valence-electron chi connectivity index (χ0n) is 20.3. The summed E-state index contributed by atoms with van der Waals surface area (Å²) in [4.78, 5) is 35.2. The van der Waals surface area contributed by atoms with Gasteiger partial charge in [-0.2, -0.15) is 5.10 Å². The lowest BCUT2D eigenvalue weighted by Gasteiger charge is -2.12. The van der Waals surface area contributed by atoms with Crippen LogP contribution in [0.2, 0.25) is 0 Å². The molecule has 2 amide bonds. The number of carbonyl (C=O) groups excluding carboxylic acids is 2. The predicted molar refractivity (Wildman–Crippen MR) is 137 cm³/mol. The van der Waals surface area contributed by atoms with Crippen molar-refractivity contribution in [2.75, 3.05) is 19.5 Å². The van der Waals surface area contributed by atoms with Gasteiger partial charge in [-0.1, -0.05) is 30.3 Å². The van der Waals surface area contributed by atoms with Crippen molar-refractivity contribution in [3.8, 4) is 17.2 Å². The van der Waals surface area contributed by atoms with E-state index in [1.54, 1.807) is 31.4 Å². The van der Waals surface area contributed by atoms with E-state index in [1.807, 2.05) is 30.3 Å². The number of anilines is 1. The van der Waals surface area contributed by atoms with Crippen LogP contribution in [0.1, 0.15) is 24.0 Å². The molecule has 3 aromatic carbocycles. The van der Waals surface area contributed by atoms with Crippen LogP contribution in [0.25, 0.3) is 0 Å². The molecule has 37 heavy (non-hydrogen) atoms. The Morgan fingerprint density at radius 1 is 0.946 bits per heavy atom. The highest BCUT2D eigenvalue weighted by Gasteiger charge is 2.19. The molecule has 0 aliphatic carbocycles. The monoisotopic (exact) mass is 506 g/mol. The second-order valence-corrected chi connectivity index (χ2v) is 7.66. The van der Waals surface area contributed by atoms with Crippen LogP contribution in [0.15, 0.2) is 71.8 Å². The van der Waals surface area contributed by atoms with Crippen LogP contribution in [-0.4, -0.2) is 37.2 Å². The quantitative estimate of drug-likeness (QED) is 0.214. The van der Waals surface area contributed by atoms with E-state index in [9.17, 15) is 19.7 Å². The number of benzene rings is 3. The summed E-state index contributed by atoms with van der Waals surface area (Å²) in [6.45, 7) is 0.198. The van der Waals surface area contributed by atoms with Crippen molar-refractivity contribution in [2.24, 2.45) is 5.10 Å². The van der Waals surface area contributed by atoms with Crippen LogP contribution in [0, 0.1) is 10.1 Å². The minimum absolute atomic E-state index is 0.0746. The number of carbonyl (C=O) groups is 2. The van der Waals surface area contributed by atoms with Gasteiger partial charge in [0.15, 0.2) is 11.5 Å². The number of hydrazone groups is 1. The van der Waals surface area contributed by atoms with E-state index in [1.165, 1.54) is 19.2 Å². The molecular formula is C26H26N4O7. The van der Waals surface area contributed by atoms with Gasteiger partial charge in [0.25, 0.3) is 5.69 Å². The molecule has 0 saturated heterocycles. The Morgan fingerprint density at radius 2 is 1.65 bits per heavy atom. The zero-order chi connectivity index (χ0) is 26.6. The molecule has 0 aliphatic rings. The molecule has 11 nitrogen and oxygen atoms in total. The van der Waals surface area contributed by atoms with E-state index >= 15 is 0 Å². The van der Waals surface area contributed by atoms with E-state index in [0.29, 0.717) is 11.4 Å². The molecule has 0 spiro atoms. The van der Waals surface area contributed by atoms with Gasteiger partial charge in [-0.3, -0.25) is 19.7 Å². The molecule has 2 N–H and O–H groups in total. The smallest absolute Gasteiger partial charge is 0.282 e. The second kappa shape index (κ2) is 13.2. The molecule has 0 unspecified atom stereocenters. The van der Waals surface area contributed by atoms with E-state index < -0.39 is 10.8 Å². The summed E-state index contributed by atoms with van der Waals surface area (Å²) in [6, 6.07) is 18.7. The molecule has 0 aliphatic heterocycles. The first-order valence-corrected chi connectivity index (χ1v) is 11.2. The van der Waals surface area contributed by atoms with E-state index in [2.05, 4.69) is 15.8 Å². The summed E-state index contributed by atoms with van der Waals surface area (Å²) >= 11 is 0. The van der Waals surface area contributed by atoms with Gasteiger partial charge in [0.2, 0.25) is 11.8 Å². The maximum absolute atomic E-state index is 12.1. The van der Waals surface area contributed by atoms with Gasteiger partial charge in [0.05, 0.1) is 37.0 Å². The van der Waals surface area contributed by atoms with Crippen LogP contribution >= 0.6 is 0 Å². The summed E-state index contributed by atoms with van der Waals surface area (Å²) in [5.41, 5.74) is 3.55. The van der Waals surface area contributed by atoms with Crippen molar-refractivity contribution in [1.29, 1.82) is 0 Å². The van der Waals surface area contributed by atoms with E-state index in [-0.39, 0.29) is 48.1 Å². The Labute approximate surface area is 213 Å². The Hall–Kier alpha value is -4.93. The van der Waals surface area contributed by atoms with Gasteiger partial charge in [0.1, 0.15) is 12.4 Å². The number of hydrogen-bond donors (Lipinski definition) is 2. The summed E-state index contributed by atoms with van der Waals surface area (Å²) in [7, 11) is 2.95. The topological polar surface area (TPSA) is 141 Å².